The number of halogens is 1. The zero-order valence-corrected chi connectivity index (χ0v) is 12.7. The second-order valence-corrected chi connectivity index (χ2v) is 4.76. The zero-order chi connectivity index (χ0) is 16.3. The Balaban J connectivity index is 2.79. The minimum absolute atomic E-state index is 0.0853. The van der Waals surface area contributed by atoms with Gasteiger partial charge >= 0.3 is 5.97 Å². The Bertz CT molecular complexity index is 837. The number of hydrogen-bond donors (Lipinski definition) is 0. The summed E-state index contributed by atoms with van der Waals surface area (Å²) in [5.74, 6) is -0.697. The molecule has 7 heteroatoms. The number of ether oxygens (including phenoxy) is 1. The van der Waals surface area contributed by atoms with Gasteiger partial charge < -0.3 is 4.74 Å². The molecule has 0 saturated carbocycles. The maximum absolute atomic E-state index is 12.4. The molecule has 0 unspecified atom stereocenters. The molecule has 0 atom stereocenters. The van der Waals surface area contributed by atoms with E-state index >= 15 is 0 Å². The van der Waals surface area contributed by atoms with Gasteiger partial charge in [0.25, 0.3) is 5.56 Å². The summed E-state index contributed by atoms with van der Waals surface area (Å²) in [5.41, 5.74) is -0.414. The number of aromatic nitrogens is 2. The molecule has 0 fully saturated rings. The SMILES string of the molecule is CCOC(=O)c1nn(-c2ccccc2Cl)c(=O)c(C#N)c1C. The number of carbonyl (C=O) groups excluding carboxylic acids is 1. The lowest BCUT2D eigenvalue weighted by Crippen LogP contribution is -2.29. The molecule has 0 bridgehead atoms. The molecule has 0 saturated heterocycles. The lowest BCUT2D eigenvalue weighted by atomic mass is 10.1. The van der Waals surface area contributed by atoms with Crippen molar-refractivity contribution in [2.45, 2.75) is 13.8 Å². The van der Waals surface area contributed by atoms with Crippen LogP contribution in [0.2, 0.25) is 5.02 Å². The van der Waals surface area contributed by atoms with Crippen LogP contribution in [0.5, 0.6) is 0 Å². The van der Waals surface area contributed by atoms with E-state index < -0.39 is 11.5 Å². The third-order valence-corrected chi connectivity index (χ3v) is 3.32. The molecule has 1 heterocycles. The van der Waals surface area contributed by atoms with E-state index in [-0.39, 0.29) is 34.1 Å². The second-order valence-electron chi connectivity index (χ2n) is 4.35. The fraction of sp³-hybridized carbons (Fsp3) is 0.200. The van der Waals surface area contributed by atoms with Gasteiger partial charge in [-0.25, -0.2) is 4.79 Å². The van der Waals surface area contributed by atoms with Crippen molar-refractivity contribution in [2.75, 3.05) is 6.61 Å². The monoisotopic (exact) mass is 317 g/mol. The lowest BCUT2D eigenvalue weighted by molar-refractivity contribution is 0.0516. The zero-order valence-electron chi connectivity index (χ0n) is 12.0. The molecule has 0 amide bonds. The van der Waals surface area contributed by atoms with E-state index in [1.54, 1.807) is 37.3 Å². The Labute approximate surface area is 131 Å². The van der Waals surface area contributed by atoms with Crippen LogP contribution >= 0.6 is 11.6 Å². The van der Waals surface area contributed by atoms with Crippen LogP contribution in [0.3, 0.4) is 0 Å². The number of rotatable bonds is 3. The second kappa shape index (κ2) is 6.41. The van der Waals surface area contributed by atoms with E-state index in [0.29, 0.717) is 0 Å². The van der Waals surface area contributed by atoms with Gasteiger partial charge in [-0.3, -0.25) is 4.79 Å². The van der Waals surface area contributed by atoms with Crippen molar-refractivity contribution in [2.24, 2.45) is 0 Å². The molecule has 0 aliphatic rings. The topological polar surface area (TPSA) is 85.0 Å². The van der Waals surface area contributed by atoms with Gasteiger partial charge in [0, 0.05) is 5.56 Å². The Morgan fingerprint density at radius 1 is 1.45 bits per heavy atom. The first-order chi connectivity index (χ1) is 10.5. The number of benzene rings is 1. The van der Waals surface area contributed by atoms with Gasteiger partial charge in [-0.2, -0.15) is 15.0 Å². The summed E-state index contributed by atoms with van der Waals surface area (Å²) in [4.78, 5) is 24.3. The number of para-hydroxylation sites is 1. The van der Waals surface area contributed by atoms with Crippen molar-refractivity contribution in [1.29, 1.82) is 5.26 Å². The highest BCUT2D eigenvalue weighted by Crippen LogP contribution is 2.19. The molecule has 2 rings (SSSR count). The number of carbonyl (C=O) groups is 1. The first kappa shape index (κ1) is 15.7. The van der Waals surface area contributed by atoms with Crippen LogP contribution in [0.15, 0.2) is 29.1 Å². The van der Waals surface area contributed by atoms with E-state index in [1.165, 1.54) is 6.92 Å². The summed E-state index contributed by atoms with van der Waals surface area (Å²) < 4.78 is 5.85. The Morgan fingerprint density at radius 2 is 2.14 bits per heavy atom. The van der Waals surface area contributed by atoms with E-state index in [9.17, 15) is 14.9 Å². The molecule has 2 aromatic rings. The summed E-state index contributed by atoms with van der Waals surface area (Å²) in [7, 11) is 0. The Hall–Kier alpha value is -2.65. The van der Waals surface area contributed by atoms with Gasteiger partial charge in [-0.1, -0.05) is 23.7 Å². The van der Waals surface area contributed by atoms with Crippen molar-refractivity contribution >= 4 is 17.6 Å². The van der Waals surface area contributed by atoms with Crippen molar-refractivity contribution < 1.29 is 9.53 Å². The summed E-state index contributed by atoms with van der Waals surface area (Å²) in [6.07, 6.45) is 0. The van der Waals surface area contributed by atoms with Gasteiger partial charge in [-0.15, -0.1) is 0 Å². The van der Waals surface area contributed by atoms with Gasteiger partial charge in [-0.05, 0) is 26.0 Å². The van der Waals surface area contributed by atoms with Crippen LogP contribution in [0, 0.1) is 18.3 Å². The maximum Gasteiger partial charge on any atom is 0.359 e. The summed E-state index contributed by atoms with van der Waals surface area (Å²) in [6.45, 7) is 3.30. The summed E-state index contributed by atoms with van der Waals surface area (Å²) >= 11 is 6.06. The third kappa shape index (κ3) is 2.71. The van der Waals surface area contributed by atoms with Gasteiger partial charge in [0.2, 0.25) is 0 Å². The number of esters is 1. The third-order valence-electron chi connectivity index (χ3n) is 3.00. The van der Waals surface area contributed by atoms with Gasteiger partial charge in [0.1, 0.15) is 11.6 Å². The molecule has 0 radical (unpaired) electrons. The molecule has 1 aromatic carbocycles. The highest BCUT2D eigenvalue weighted by atomic mass is 35.5. The average molecular weight is 318 g/mol. The maximum atomic E-state index is 12.4. The van der Waals surface area contributed by atoms with Crippen molar-refractivity contribution in [1.82, 2.24) is 9.78 Å². The molecular formula is C15H12ClN3O3. The van der Waals surface area contributed by atoms with Crippen LogP contribution in [0.1, 0.15) is 28.5 Å². The minimum atomic E-state index is -0.697. The number of nitriles is 1. The van der Waals surface area contributed by atoms with Crippen LogP contribution in [-0.4, -0.2) is 22.4 Å². The van der Waals surface area contributed by atoms with Crippen molar-refractivity contribution in [3.05, 3.63) is 56.5 Å². The lowest BCUT2D eigenvalue weighted by Gasteiger charge is -2.11. The fourth-order valence-corrected chi connectivity index (χ4v) is 2.13. The van der Waals surface area contributed by atoms with Crippen LogP contribution in [0.4, 0.5) is 0 Å². The number of hydrogen-bond acceptors (Lipinski definition) is 5. The Morgan fingerprint density at radius 3 is 2.73 bits per heavy atom. The average Bonchev–Trinajstić information content (AvgIpc) is 2.49. The molecule has 22 heavy (non-hydrogen) atoms. The van der Waals surface area contributed by atoms with Crippen molar-refractivity contribution in [3.63, 3.8) is 0 Å². The van der Waals surface area contributed by atoms with Gasteiger partial charge in [0.15, 0.2) is 5.69 Å². The smallest absolute Gasteiger partial charge is 0.359 e. The quantitative estimate of drug-likeness (QED) is 0.810. The van der Waals surface area contributed by atoms with E-state index in [4.69, 9.17) is 16.3 Å². The Kier molecular flexibility index (Phi) is 4.59. The van der Waals surface area contributed by atoms with Crippen LogP contribution in [0.25, 0.3) is 5.69 Å². The molecule has 1 aromatic heterocycles. The van der Waals surface area contributed by atoms with Crippen molar-refractivity contribution in [3.8, 4) is 11.8 Å². The normalized spacial score (nSPS) is 10.1. The molecule has 112 valence electrons. The largest absolute Gasteiger partial charge is 0.461 e. The molecule has 0 spiro atoms. The van der Waals surface area contributed by atoms with Gasteiger partial charge in [0.05, 0.1) is 17.3 Å². The van der Waals surface area contributed by atoms with E-state index in [1.807, 2.05) is 0 Å². The van der Waals surface area contributed by atoms with Crippen LogP contribution < -0.4 is 5.56 Å². The summed E-state index contributed by atoms with van der Waals surface area (Å²) in [5, 5.41) is 13.5. The summed E-state index contributed by atoms with van der Waals surface area (Å²) in [6, 6.07) is 8.33. The minimum Gasteiger partial charge on any atom is -0.461 e. The molecule has 0 aliphatic carbocycles. The number of nitrogens with zero attached hydrogens (tertiary/aromatic N) is 3. The highest BCUT2D eigenvalue weighted by Gasteiger charge is 2.21. The van der Waals surface area contributed by atoms with E-state index in [0.717, 1.165) is 4.68 Å². The standard InChI is InChI=1S/C15H12ClN3O3/c1-3-22-15(21)13-9(2)10(8-17)14(20)19(18-13)12-7-5-4-6-11(12)16/h4-7H,3H2,1-2H3. The fourth-order valence-electron chi connectivity index (χ4n) is 1.92. The molecule has 6 nitrogen and oxygen atoms in total. The molecular weight excluding hydrogens is 306 g/mol. The van der Waals surface area contributed by atoms with Crippen LogP contribution in [-0.2, 0) is 4.74 Å². The predicted molar refractivity (Wildman–Crippen MR) is 80.3 cm³/mol. The molecule has 0 N–H and O–H groups in total. The van der Waals surface area contributed by atoms with E-state index in [2.05, 4.69) is 5.10 Å². The first-order valence-electron chi connectivity index (χ1n) is 6.47. The predicted octanol–water partition coefficient (Wildman–Crippen LogP) is 2.24. The molecule has 0 aliphatic heterocycles. The first-order valence-corrected chi connectivity index (χ1v) is 6.85. The highest BCUT2D eigenvalue weighted by molar-refractivity contribution is 6.32.